The van der Waals surface area contributed by atoms with Gasteiger partial charge in [-0.25, -0.2) is 0 Å². The van der Waals surface area contributed by atoms with Gasteiger partial charge in [-0.2, -0.15) is 0 Å². The van der Waals surface area contributed by atoms with Crippen LogP contribution in [-0.2, 0) is 4.79 Å². The highest BCUT2D eigenvalue weighted by Crippen LogP contribution is 2.18. The van der Waals surface area contributed by atoms with Crippen molar-refractivity contribution in [2.75, 3.05) is 7.11 Å². The third kappa shape index (κ3) is 5.74. The number of nitrogens with one attached hydrogen (secondary N) is 3. The summed E-state index contributed by atoms with van der Waals surface area (Å²) in [4.78, 5) is 23.7. The van der Waals surface area contributed by atoms with Gasteiger partial charge in [0, 0.05) is 17.2 Å². The Labute approximate surface area is 150 Å². The normalized spacial score (nSPS) is 10.1. The van der Waals surface area contributed by atoms with Crippen LogP contribution in [0.1, 0.15) is 15.9 Å². The van der Waals surface area contributed by atoms with Crippen molar-refractivity contribution >= 4 is 35.2 Å². The Hall–Kier alpha value is -3.19. The minimum Gasteiger partial charge on any atom is -0.496 e. The number of para-hydroxylation sites is 1. The van der Waals surface area contributed by atoms with Gasteiger partial charge in [0.1, 0.15) is 5.75 Å². The van der Waals surface area contributed by atoms with Crippen LogP contribution in [0.2, 0.25) is 0 Å². The van der Waals surface area contributed by atoms with Gasteiger partial charge in [-0.3, -0.25) is 25.8 Å². The molecule has 0 aliphatic carbocycles. The Kier molecular flexibility index (Phi) is 6.67. The highest BCUT2D eigenvalue weighted by atomic mass is 32.1. The van der Waals surface area contributed by atoms with Crippen molar-refractivity contribution in [3.05, 3.63) is 71.8 Å². The van der Waals surface area contributed by atoms with Crippen LogP contribution in [0.3, 0.4) is 0 Å². The van der Waals surface area contributed by atoms with Crippen molar-refractivity contribution in [1.82, 2.24) is 16.2 Å². The number of amides is 2. The van der Waals surface area contributed by atoms with Crippen LogP contribution in [0.4, 0.5) is 0 Å². The van der Waals surface area contributed by atoms with E-state index in [-0.39, 0.29) is 11.0 Å². The zero-order valence-electron chi connectivity index (χ0n) is 13.5. The molecular formula is C18H17N3O3S. The number of thiocarbonyl (C=S) groups is 1. The maximum atomic E-state index is 11.9. The summed E-state index contributed by atoms with van der Waals surface area (Å²) in [5.41, 5.74) is 6.11. The summed E-state index contributed by atoms with van der Waals surface area (Å²) < 4.78 is 5.20. The standard InChI is InChI=1S/C18H17N3O3S/c1-24-15-10-6-5-7-13(15)11-12-16(22)19-18(25)21-20-17(23)14-8-3-2-4-9-14/h2-12H,1H3,(H,20,23)(H2,19,21,22,25)/b12-11+. The maximum Gasteiger partial charge on any atom is 0.269 e. The molecule has 0 bridgehead atoms. The molecule has 0 atom stereocenters. The zero-order valence-corrected chi connectivity index (χ0v) is 14.3. The smallest absolute Gasteiger partial charge is 0.269 e. The molecule has 0 spiro atoms. The number of hydrogen-bond donors (Lipinski definition) is 3. The average molecular weight is 355 g/mol. The Morgan fingerprint density at radius 1 is 1.00 bits per heavy atom. The van der Waals surface area contributed by atoms with Crippen LogP contribution in [-0.4, -0.2) is 24.0 Å². The molecule has 2 aromatic carbocycles. The molecule has 2 rings (SSSR count). The Morgan fingerprint density at radius 2 is 1.68 bits per heavy atom. The third-order valence-corrected chi connectivity index (χ3v) is 3.32. The fraction of sp³-hybridized carbons (Fsp3) is 0.0556. The van der Waals surface area contributed by atoms with Gasteiger partial charge < -0.3 is 4.74 Å². The number of benzene rings is 2. The fourth-order valence-electron chi connectivity index (χ4n) is 1.93. The lowest BCUT2D eigenvalue weighted by Gasteiger charge is -2.09. The van der Waals surface area contributed by atoms with E-state index in [1.807, 2.05) is 24.3 Å². The van der Waals surface area contributed by atoms with Crippen LogP contribution in [0.25, 0.3) is 6.08 Å². The van der Waals surface area contributed by atoms with E-state index in [1.54, 1.807) is 43.5 Å². The molecule has 3 N–H and O–H groups in total. The first-order chi connectivity index (χ1) is 12.1. The van der Waals surface area contributed by atoms with Crippen molar-refractivity contribution < 1.29 is 14.3 Å². The average Bonchev–Trinajstić information content (AvgIpc) is 2.65. The van der Waals surface area contributed by atoms with Gasteiger partial charge in [-0.05, 0) is 36.5 Å². The molecule has 0 unspecified atom stereocenters. The predicted octanol–water partition coefficient (Wildman–Crippen LogP) is 2.04. The molecule has 0 aromatic heterocycles. The molecule has 6 nitrogen and oxygen atoms in total. The van der Waals surface area contributed by atoms with Crippen molar-refractivity contribution in [2.45, 2.75) is 0 Å². The van der Waals surface area contributed by atoms with Crippen LogP contribution in [0.5, 0.6) is 5.75 Å². The van der Waals surface area contributed by atoms with Crippen molar-refractivity contribution in [2.24, 2.45) is 0 Å². The summed E-state index contributed by atoms with van der Waals surface area (Å²) in [5.74, 6) is -0.137. The number of hydrazine groups is 1. The molecule has 7 heteroatoms. The summed E-state index contributed by atoms with van der Waals surface area (Å²) in [6.45, 7) is 0. The van der Waals surface area contributed by atoms with E-state index in [0.29, 0.717) is 11.3 Å². The summed E-state index contributed by atoms with van der Waals surface area (Å²) in [5, 5.41) is 2.42. The Balaban J connectivity index is 1.83. The molecule has 0 fully saturated rings. The first-order valence-corrected chi connectivity index (χ1v) is 7.78. The summed E-state index contributed by atoms with van der Waals surface area (Å²) >= 11 is 4.96. The van der Waals surface area contributed by atoms with Gasteiger partial charge in [0.25, 0.3) is 5.91 Å². The minimum atomic E-state index is -0.433. The number of methoxy groups -OCH3 is 1. The second kappa shape index (κ2) is 9.19. The summed E-state index contributed by atoms with van der Waals surface area (Å²) in [7, 11) is 1.56. The lowest BCUT2D eigenvalue weighted by Crippen LogP contribution is -2.48. The molecule has 0 aliphatic rings. The fourth-order valence-corrected chi connectivity index (χ4v) is 2.08. The van der Waals surface area contributed by atoms with Gasteiger partial charge in [0.05, 0.1) is 7.11 Å². The molecule has 128 valence electrons. The molecule has 25 heavy (non-hydrogen) atoms. The van der Waals surface area contributed by atoms with Crippen LogP contribution >= 0.6 is 12.2 Å². The predicted molar refractivity (Wildman–Crippen MR) is 99.8 cm³/mol. The minimum absolute atomic E-state index is 0.0149. The lowest BCUT2D eigenvalue weighted by atomic mass is 10.2. The largest absolute Gasteiger partial charge is 0.496 e. The summed E-state index contributed by atoms with van der Waals surface area (Å²) in [6, 6.07) is 15.9. The van der Waals surface area contributed by atoms with Gasteiger partial charge in [0.15, 0.2) is 5.11 Å². The maximum absolute atomic E-state index is 11.9. The number of carbonyl (C=O) groups is 2. The van der Waals surface area contributed by atoms with Gasteiger partial charge in [-0.15, -0.1) is 0 Å². The van der Waals surface area contributed by atoms with Crippen molar-refractivity contribution in [1.29, 1.82) is 0 Å². The van der Waals surface area contributed by atoms with E-state index in [2.05, 4.69) is 16.2 Å². The number of carbonyl (C=O) groups excluding carboxylic acids is 2. The van der Waals surface area contributed by atoms with Crippen molar-refractivity contribution in [3.8, 4) is 5.75 Å². The van der Waals surface area contributed by atoms with E-state index in [4.69, 9.17) is 17.0 Å². The molecule has 0 saturated carbocycles. The molecule has 2 amide bonds. The molecule has 2 aromatic rings. The third-order valence-electron chi connectivity index (χ3n) is 3.12. The number of rotatable bonds is 4. The Bertz CT molecular complexity index is 791. The highest BCUT2D eigenvalue weighted by molar-refractivity contribution is 7.80. The number of ether oxygens (including phenoxy) is 1. The molecule has 0 saturated heterocycles. The first-order valence-electron chi connectivity index (χ1n) is 7.37. The second-order valence-corrected chi connectivity index (χ2v) is 5.25. The van der Waals surface area contributed by atoms with Gasteiger partial charge >= 0.3 is 0 Å². The van der Waals surface area contributed by atoms with Gasteiger partial charge in [0.2, 0.25) is 5.91 Å². The molecule has 0 heterocycles. The second-order valence-electron chi connectivity index (χ2n) is 4.84. The summed E-state index contributed by atoms with van der Waals surface area (Å²) in [6.07, 6.45) is 2.93. The monoisotopic (exact) mass is 355 g/mol. The van der Waals surface area contributed by atoms with E-state index in [0.717, 1.165) is 5.56 Å². The van der Waals surface area contributed by atoms with E-state index in [9.17, 15) is 9.59 Å². The molecule has 0 radical (unpaired) electrons. The molecular weight excluding hydrogens is 338 g/mol. The van der Waals surface area contributed by atoms with Gasteiger partial charge in [-0.1, -0.05) is 36.4 Å². The Morgan fingerprint density at radius 3 is 2.40 bits per heavy atom. The van der Waals surface area contributed by atoms with Crippen molar-refractivity contribution in [3.63, 3.8) is 0 Å². The van der Waals surface area contributed by atoms with E-state index < -0.39 is 5.91 Å². The van der Waals surface area contributed by atoms with E-state index >= 15 is 0 Å². The highest BCUT2D eigenvalue weighted by Gasteiger charge is 2.06. The van der Waals surface area contributed by atoms with Crippen LogP contribution in [0.15, 0.2) is 60.7 Å². The quantitative estimate of drug-likeness (QED) is 0.444. The van der Waals surface area contributed by atoms with Crippen LogP contribution in [0, 0.1) is 0 Å². The molecule has 0 aliphatic heterocycles. The van der Waals surface area contributed by atoms with Crippen LogP contribution < -0.4 is 20.9 Å². The topological polar surface area (TPSA) is 79.5 Å². The SMILES string of the molecule is COc1ccccc1/C=C/C(=O)NC(=S)NNC(=O)c1ccccc1. The van der Waals surface area contributed by atoms with E-state index in [1.165, 1.54) is 6.08 Å². The number of hydrogen-bond acceptors (Lipinski definition) is 4. The lowest BCUT2D eigenvalue weighted by molar-refractivity contribution is -0.115. The zero-order chi connectivity index (χ0) is 18.1. The first kappa shape index (κ1) is 18.2.